The average molecular weight is 232 g/mol. The molecule has 1 unspecified atom stereocenters. The second kappa shape index (κ2) is 4.87. The molecule has 0 saturated heterocycles. The van der Waals surface area contributed by atoms with Crippen LogP contribution in [0.1, 0.15) is 25.0 Å². The molecule has 0 fully saturated rings. The fourth-order valence-electron chi connectivity index (χ4n) is 1.35. The zero-order valence-electron chi connectivity index (χ0n) is 9.25. The Balaban J connectivity index is 2.83. The number of rotatable bonds is 3. The molecule has 0 heterocycles. The van der Waals surface area contributed by atoms with Crippen LogP contribution in [-0.4, -0.2) is 11.2 Å². The maximum atomic E-state index is 12.4. The third kappa shape index (κ3) is 3.52. The first-order valence-corrected chi connectivity index (χ1v) is 5.15. The quantitative estimate of drug-likeness (QED) is 0.848. The number of alkyl halides is 3. The highest BCUT2D eigenvalue weighted by Gasteiger charge is 2.30. The Morgan fingerprint density at radius 1 is 1.25 bits per heavy atom. The summed E-state index contributed by atoms with van der Waals surface area (Å²) in [5, 5.41) is 9.59. The predicted molar refractivity (Wildman–Crippen MR) is 56.0 cm³/mol. The van der Waals surface area contributed by atoms with Crippen molar-refractivity contribution in [1.82, 2.24) is 0 Å². The van der Waals surface area contributed by atoms with Gasteiger partial charge in [0.15, 0.2) is 0 Å². The summed E-state index contributed by atoms with van der Waals surface area (Å²) in [6, 6.07) is 5.09. The standard InChI is InChI=1S/C12H15F3O/c1-8(2)11(16)7-9-4-3-5-10(6-9)12(13,14)15/h3-6,8,11,16H,7H2,1-2H3. The second-order valence-electron chi connectivity index (χ2n) is 4.21. The summed E-state index contributed by atoms with van der Waals surface area (Å²) in [4.78, 5) is 0. The van der Waals surface area contributed by atoms with Gasteiger partial charge in [-0.05, 0) is 24.0 Å². The van der Waals surface area contributed by atoms with Gasteiger partial charge in [0, 0.05) is 0 Å². The minimum absolute atomic E-state index is 0.0366. The van der Waals surface area contributed by atoms with Crippen LogP contribution in [0, 0.1) is 5.92 Å². The molecule has 1 aromatic rings. The SMILES string of the molecule is CC(C)C(O)Cc1cccc(C(F)(F)F)c1. The Morgan fingerprint density at radius 2 is 1.88 bits per heavy atom. The smallest absolute Gasteiger partial charge is 0.393 e. The summed E-state index contributed by atoms with van der Waals surface area (Å²) in [6.45, 7) is 3.66. The van der Waals surface area contributed by atoms with E-state index in [2.05, 4.69) is 0 Å². The van der Waals surface area contributed by atoms with E-state index in [0.717, 1.165) is 12.1 Å². The monoisotopic (exact) mass is 232 g/mol. The van der Waals surface area contributed by atoms with E-state index in [0.29, 0.717) is 5.56 Å². The summed E-state index contributed by atoms with van der Waals surface area (Å²) < 4.78 is 37.2. The van der Waals surface area contributed by atoms with E-state index in [4.69, 9.17) is 0 Å². The zero-order valence-corrected chi connectivity index (χ0v) is 9.25. The molecule has 1 N–H and O–H groups in total. The molecule has 1 nitrogen and oxygen atoms in total. The van der Waals surface area contributed by atoms with Crippen LogP contribution in [0.2, 0.25) is 0 Å². The third-order valence-corrected chi connectivity index (χ3v) is 2.47. The normalized spacial score (nSPS) is 14.2. The van der Waals surface area contributed by atoms with Gasteiger partial charge in [-0.3, -0.25) is 0 Å². The Hall–Kier alpha value is -1.03. The van der Waals surface area contributed by atoms with Gasteiger partial charge in [0.05, 0.1) is 11.7 Å². The number of hydrogen-bond acceptors (Lipinski definition) is 1. The molecule has 0 aliphatic carbocycles. The fourth-order valence-corrected chi connectivity index (χ4v) is 1.35. The second-order valence-corrected chi connectivity index (χ2v) is 4.21. The first-order chi connectivity index (χ1) is 7.30. The predicted octanol–water partition coefficient (Wildman–Crippen LogP) is 3.26. The molecule has 1 aromatic carbocycles. The van der Waals surface area contributed by atoms with Gasteiger partial charge in [-0.15, -0.1) is 0 Å². The van der Waals surface area contributed by atoms with Gasteiger partial charge < -0.3 is 5.11 Å². The largest absolute Gasteiger partial charge is 0.416 e. The van der Waals surface area contributed by atoms with E-state index in [1.807, 2.05) is 13.8 Å². The molecule has 0 amide bonds. The van der Waals surface area contributed by atoms with Gasteiger partial charge in [-0.1, -0.05) is 32.0 Å². The van der Waals surface area contributed by atoms with Gasteiger partial charge in [0.1, 0.15) is 0 Å². The first-order valence-electron chi connectivity index (χ1n) is 5.15. The van der Waals surface area contributed by atoms with Crippen molar-refractivity contribution in [2.45, 2.75) is 32.5 Å². The number of aliphatic hydroxyl groups excluding tert-OH is 1. The molecule has 0 saturated carbocycles. The van der Waals surface area contributed by atoms with Crippen LogP contribution in [0.4, 0.5) is 13.2 Å². The molecule has 4 heteroatoms. The number of aliphatic hydroxyl groups is 1. The summed E-state index contributed by atoms with van der Waals surface area (Å²) in [5.74, 6) is 0.0366. The maximum absolute atomic E-state index is 12.4. The average Bonchev–Trinajstić information content (AvgIpc) is 2.16. The number of hydrogen-bond donors (Lipinski definition) is 1. The number of benzene rings is 1. The van der Waals surface area contributed by atoms with Crippen molar-refractivity contribution in [2.24, 2.45) is 5.92 Å². The molecular formula is C12H15F3O. The van der Waals surface area contributed by atoms with E-state index in [1.54, 1.807) is 6.07 Å². The van der Waals surface area contributed by atoms with E-state index in [9.17, 15) is 18.3 Å². The van der Waals surface area contributed by atoms with E-state index in [-0.39, 0.29) is 12.3 Å². The first kappa shape index (κ1) is 13.0. The third-order valence-electron chi connectivity index (χ3n) is 2.47. The summed E-state index contributed by atoms with van der Waals surface area (Å²) in [6.07, 6.45) is -4.68. The van der Waals surface area contributed by atoms with E-state index >= 15 is 0 Å². The zero-order chi connectivity index (χ0) is 12.3. The Labute approximate surface area is 92.9 Å². The fraction of sp³-hybridized carbons (Fsp3) is 0.500. The Bertz CT molecular complexity index is 344. The molecule has 16 heavy (non-hydrogen) atoms. The van der Waals surface area contributed by atoms with Gasteiger partial charge in [0.2, 0.25) is 0 Å². The lowest BCUT2D eigenvalue weighted by Crippen LogP contribution is -2.18. The van der Waals surface area contributed by atoms with Crippen LogP contribution in [0.5, 0.6) is 0 Å². The highest BCUT2D eigenvalue weighted by Crippen LogP contribution is 2.29. The molecule has 0 aliphatic heterocycles. The highest BCUT2D eigenvalue weighted by molar-refractivity contribution is 5.26. The van der Waals surface area contributed by atoms with Crippen LogP contribution < -0.4 is 0 Å². The van der Waals surface area contributed by atoms with Gasteiger partial charge in [-0.25, -0.2) is 0 Å². The van der Waals surface area contributed by atoms with Crippen LogP contribution >= 0.6 is 0 Å². The lowest BCUT2D eigenvalue weighted by Gasteiger charge is -2.15. The van der Waals surface area contributed by atoms with Crippen LogP contribution in [0.25, 0.3) is 0 Å². The van der Waals surface area contributed by atoms with Crippen molar-refractivity contribution < 1.29 is 18.3 Å². The van der Waals surface area contributed by atoms with Crippen LogP contribution in [0.15, 0.2) is 24.3 Å². The lowest BCUT2D eigenvalue weighted by molar-refractivity contribution is -0.137. The van der Waals surface area contributed by atoms with Crippen molar-refractivity contribution in [3.05, 3.63) is 35.4 Å². The maximum Gasteiger partial charge on any atom is 0.416 e. The van der Waals surface area contributed by atoms with Gasteiger partial charge in [-0.2, -0.15) is 13.2 Å². The number of halogens is 3. The minimum atomic E-state index is -4.32. The lowest BCUT2D eigenvalue weighted by atomic mass is 9.98. The summed E-state index contributed by atoms with van der Waals surface area (Å²) >= 11 is 0. The molecule has 0 aromatic heterocycles. The topological polar surface area (TPSA) is 20.2 Å². The van der Waals surface area contributed by atoms with Crippen molar-refractivity contribution >= 4 is 0 Å². The molecule has 0 radical (unpaired) electrons. The van der Waals surface area contributed by atoms with Gasteiger partial charge >= 0.3 is 6.18 Å². The van der Waals surface area contributed by atoms with Crippen LogP contribution in [0.3, 0.4) is 0 Å². The molecule has 0 spiro atoms. The summed E-state index contributed by atoms with van der Waals surface area (Å²) in [7, 11) is 0. The van der Waals surface area contributed by atoms with E-state index in [1.165, 1.54) is 6.07 Å². The van der Waals surface area contributed by atoms with Crippen molar-refractivity contribution in [3.8, 4) is 0 Å². The molecule has 0 bridgehead atoms. The van der Waals surface area contributed by atoms with Crippen LogP contribution in [-0.2, 0) is 12.6 Å². The molecule has 1 rings (SSSR count). The highest BCUT2D eigenvalue weighted by atomic mass is 19.4. The molecule has 90 valence electrons. The Kier molecular flexibility index (Phi) is 3.97. The Morgan fingerprint density at radius 3 is 2.38 bits per heavy atom. The molecular weight excluding hydrogens is 217 g/mol. The minimum Gasteiger partial charge on any atom is -0.393 e. The van der Waals surface area contributed by atoms with E-state index < -0.39 is 17.8 Å². The van der Waals surface area contributed by atoms with Gasteiger partial charge in [0.25, 0.3) is 0 Å². The summed E-state index contributed by atoms with van der Waals surface area (Å²) in [5.41, 5.74) is -0.156. The van der Waals surface area contributed by atoms with Crippen molar-refractivity contribution in [1.29, 1.82) is 0 Å². The molecule has 1 atom stereocenters. The van der Waals surface area contributed by atoms with Crippen molar-refractivity contribution in [3.63, 3.8) is 0 Å². The molecule has 0 aliphatic rings. The van der Waals surface area contributed by atoms with Crippen molar-refractivity contribution in [2.75, 3.05) is 0 Å².